The summed E-state index contributed by atoms with van der Waals surface area (Å²) >= 11 is 7.72. The summed E-state index contributed by atoms with van der Waals surface area (Å²) in [6.07, 6.45) is 4.52. The topological polar surface area (TPSA) is 144 Å². The van der Waals surface area contributed by atoms with Crippen LogP contribution in [0.25, 0.3) is 5.57 Å². The normalized spacial score (nSPS) is 19.8. The quantitative estimate of drug-likeness (QED) is 0.0839. The van der Waals surface area contributed by atoms with Crippen molar-refractivity contribution in [3.05, 3.63) is 119 Å². The summed E-state index contributed by atoms with van der Waals surface area (Å²) in [5.41, 5.74) is -1.16. The molecule has 4 aromatic rings. The number of carbonyl (C=O) groups excluding carboxylic acids is 1. The number of hydrogen-bond donors (Lipinski definition) is 3. The minimum atomic E-state index is -6.06. The molecule has 2 atom stereocenters. The highest BCUT2D eigenvalue weighted by Gasteiger charge is 2.48. The first-order valence-electron chi connectivity index (χ1n) is 24.4. The Labute approximate surface area is 425 Å². The highest BCUT2D eigenvalue weighted by atomic mass is 35.5. The lowest BCUT2D eigenvalue weighted by atomic mass is 9.80. The van der Waals surface area contributed by atoms with Crippen molar-refractivity contribution < 1.29 is 39.5 Å². The Kier molecular flexibility index (Phi) is 18.1. The molecule has 4 aliphatic rings. The maximum atomic E-state index is 14.3. The number of hydrogen-bond acceptors (Lipinski definition) is 13. The Morgan fingerprint density at radius 3 is 2.28 bits per heavy atom. The van der Waals surface area contributed by atoms with Gasteiger partial charge >= 0.3 is 5.51 Å². The van der Waals surface area contributed by atoms with Crippen LogP contribution in [0.2, 0.25) is 5.02 Å². The van der Waals surface area contributed by atoms with E-state index in [0.29, 0.717) is 50.5 Å². The van der Waals surface area contributed by atoms with Crippen molar-refractivity contribution in [2.45, 2.75) is 58.3 Å². The molecule has 0 radical (unpaired) electrons. The van der Waals surface area contributed by atoms with Crippen molar-refractivity contribution in [3.8, 4) is 0 Å². The minimum absolute atomic E-state index is 0.00134. The van der Waals surface area contributed by atoms with E-state index in [4.69, 9.17) is 16.3 Å². The van der Waals surface area contributed by atoms with Gasteiger partial charge < -0.3 is 30.1 Å². The smallest absolute Gasteiger partial charge is 0.380 e. The largest absolute Gasteiger partial charge is 0.501 e. The van der Waals surface area contributed by atoms with Crippen LogP contribution in [0.1, 0.15) is 48.0 Å². The molecular formula is C51H63ClF3N7O6S3. The number of anilines is 2. The van der Waals surface area contributed by atoms with E-state index in [1.807, 2.05) is 47.2 Å². The van der Waals surface area contributed by atoms with E-state index in [1.165, 1.54) is 40.6 Å². The molecular weight excluding hydrogens is 995 g/mol. The van der Waals surface area contributed by atoms with E-state index in [9.17, 15) is 34.8 Å². The van der Waals surface area contributed by atoms with E-state index < -0.39 is 52.8 Å². The molecule has 0 bridgehead atoms. The van der Waals surface area contributed by atoms with Crippen LogP contribution in [-0.2, 0) is 24.6 Å². The number of ether oxygens (including phenoxy) is 1. The van der Waals surface area contributed by atoms with Crippen LogP contribution in [0.5, 0.6) is 0 Å². The molecule has 20 heteroatoms. The summed E-state index contributed by atoms with van der Waals surface area (Å²) in [5, 5.41) is 7.19. The second kappa shape index (κ2) is 24.2. The first-order valence-corrected chi connectivity index (χ1v) is 28.7. The zero-order valence-electron chi connectivity index (χ0n) is 39.7. The number of halogens is 4. The van der Waals surface area contributed by atoms with Gasteiger partial charge in [0.1, 0.15) is 4.90 Å². The second-order valence-electron chi connectivity index (χ2n) is 18.7. The molecule has 0 aromatic heterocycles. The van der Waals surface area contributed by atoms with Gasteiger partial charge in [0.25, 0.3) is 25.8 Å². The van der Waals surface area contributed by atoms with Crippen LogP contribution >= 0.6 is 23.4 Å². The van der Waals surface area contributed by atoms with Crippen molar-refractivity contribution in [3.63, 3.8) is 0 Å². The van der Waals surface area contributed by atoms with Gasteiger partial charge in [-0.25, -0.2) is 21.6 Å². The fourth-order valence-corrected chi connectivity index (χ4v) is 12.9. The molecule has 3 fully saturated rings. The molecule has 8 rings (SSSR count). The number of sulfone groups is 1. The highest BCUT2D eigenvalue weighted by Crippen LogP contribution is 2.39. The molecule has 3 saturated heterocycles. The molecule has 71 heavy (non-hydrogen) atoms. The molecule has 0 unspecified atom stereocenters. The van der Waals surface area contributed by atoms with E-state index in [-0.39, 0.29) is 5.56 Å². The molecule has 4 aromatic carbocycles. The molecule has 3 aliphatic heterocycles. The Morgan fingerprint density at radius 1 is 0.831 bits per heavy atom. The summed E-state index contributed by atoms with van der Waals surface area (Å²) < 4.78 is 104. The monoisotopic (exact) mass is 1060 g/mol. The zero-order chi connectivity index (χ0) is 50.0. The predicted octanol–water partition coefficient (Wildman–Crippen LogP) is 7.72. The van der Waals surface area contributed by atoms with Crippen LogP contribution in [0.4, 0.5) is 24.5 Å². The molecule has 3 N–H and O–H groups in total. The van der Waals surface area contributed by atoms with Crippen molar-refractivity contribution >= 4 is 66.1 Å². The average molecular weight is 1060 g/mol. The number of rotatable bonds is 18. The summed E-state index contributed by atoms with van der Waals surface area (Å²) in [7, 11) is -10.9. The number of amides is 1. The summed E-state index contributed by atoms with van der Waals surface area (Å²) in [4.78, 5) is 21.8. The van der Waals surface area contributed by atoms with Crippen molar-refractivity contribution in [1.82, 2.24) is 24.7 Å². The number of thioether (sulfide) groups is 1. The van der Waals surface area contributed by atoms with Gasteiger partial charge in [-0.3, -0.25) is 9.69 Å². The van der Waals surface area contributed by atoms with E-state index in [2.05, 4.69) is 42.4 Å². The van der Waals surface area contributed by atoms with Crippen molar-refractivity contribution in [2.75, 3.05) is 114 Å². The van der Waals surface area contributed by atoms with Gasteiger partial charge in [-0.2, -0.15) is 13.2 Å². The third-order valence-electron chi connectivity index (χ3n) is 13.7. The standard InChI is InChI=1S/C51H63ClF3N7O6S3/c52-42-12-8-39(9-13-42)47-17-7-38(35-60-24-20-56-21-25-60)33-41(47)36-61-26-28-62(29-27-61)44-14-10-40(11-15-44)50(63)58-71(66,67)46-16-18-48(49(34-46)70(64,65)51(53,54)55)57-43(37-69-45-5-2-1-3-6-45)19-23-59-22-4-31-68-32-30-59/h1-3,5-6,8-16,18,34,38,43,56-57H,4,7,17,19-33,35-37H2,(H,58,63)/t38-,43-/m1/s1. The maximum Gasteiger partial charge on any atom is 0.501 e. The number of nitrogens with one attached hydrogen (secondary N) is 3. The van der Waals surface area contributed by atoms with Crippen molar-refractivity contribution in [1.29, 1.82) is 0 Å². The number of carbonyl (C=O) groups is 1. The fraction of sp³-hybridized carbons (Fsp3) is 0.471. The Hall–Kier alpha value is -4.18. The minimum Gasteiger partial charge on any atom is -0.380 e. The second-order valence-corrected chi connectivity index (χ2v) is 23.8. The summed E-state index contributed by atoms with van der Waals surface area (Å²) in [6.45, 7) is 12.5. The van der Waals surface area contributed by atoms with Crippen LogP contribution in [0.3, 0.4) is 0 Å². The molecule has 1 amide bonds. The average Bonchev–Trinajstić information content (AvgIpc) is 3.65. The maximum absolute atomic E-state index is 14.3. The molecule has 3 heterocycles. The molecule has 384 valence electrons. The van der Waals surface area contributed by atoms with E-state index in [0.717, 1.165) is 125 Å². The lowest BCUT2D eigenvalue weighted by Gasteiger charge is -2.39. The first kappa shape index (κ1) is 53.1. The van der Waals surface area contributed by atoms with Crippen LogP contribution in [-0.4, -0.2) is 153 Å². The number of alkyl halides is 3. The third kappa shape index (κ3) is 14.3. The van der Waals surface area contributed by atoms with Crippen LogP contribution in [0.15, 0.2) is 117 Å². The SMILES string of the molecule is O=C(NS(=O)(=O)c1ccc(N[C@H](CCN2CCCOCC2)CSc2ccccc2)c(S(=O)(=O)C(F)(F)F)c1)c1ccc(N2CCN(CC3=C(c4ccc(Cl)cc4)CC[C@@H](CN4CCNCC4)C3)CC2)cc1. The highest BCUT2D eigenvalue weighted by molar-refractivity contribution is 7.99. The van der Waals surface area contributed by atoms with Crippen molar-refractivity contribution in [2.24, 2.45) is 5.92 Å². The van der Waals surface area contributed by atoms with Gasteiger partial charge in [0.15, 0.2) is 0 Å². The molecule has 1 aliphatic carbocycles. The van der Waals surface area contributed by atoms with Crippen LogP contribution in [0, 0.1) is 5.92 Å². The summed E-state index contributed by atoms with van der Waals surface area (Å²) in [6, 6.07) is 26.0. The number of piperazine rings is 2. The molecule has 0 saturated carbocycles. The predicted molar refractivity (Wildman–Crippen MR) is 276 cm³/mol. The first-order chi connectivity index (χ1) is 34.1. The zero-order valence-corrected chi connectivity index (χ0v) is 42.9. The number of allylic oxidation sites excluding steroid dienone is 1. The van der Waals surface area contributed by atoms with Gasteiger partial charge in [0.2, 0.25) is 0 Å². The Bertz CT molecular complexity index is 2660. The lowest BCUT2D eigenvalue weighted by molar-refractivity contribution is -0.0435. The number of nitrogens with zero attached hydrogens (tertiary/aromatic N) is 4. The van der Waals surface area contributed by atoms with Gasteiger partial charge in [0, 0.05) is 125 Å². The molecule has 13 nitrogen and oxygen atoms in total. The van der Waals surface area contributed by atoms with E-state index >= 15 is 0 Å². The van der Waals surface area contributed by atoms with Gasteiger partial charge in [-0.1, -0.05) is 47.5 Å². The third-order valence-corrected chi connectivity index (χ3v) is 18.0. The lowest BCUT2D eigenvalue weighted by Crippen LogP contribution is -2.47. The summed E-state index contributed by atoms with van der Waals surface area (Å²) in [5.74, 6) is -0.0485. The molecule has 0 spiro atoms. The van der Waals surface area contributed by atoms with Gasteiger partial charge in [-0.05, 0) is 116 Å². The van der Waals surface area contributed by atoms with Gasteiger partial charge in [-0.15, -0.1) is 11.8 Å². The number of sulfonamides is 1. The number of benzene rings is 4. The fourth-order valence-electron chi connectivity index (χ4n) is 9.80. The van der Waals surface area contributed by atoms with E-state index in [1.54, 1.807) is 12.1 Å². The van der Waals surface area contributed by atoms with Crippen LogP contribution < -0.4 is 20.3 Å². The Balaban J connectivity index is 0.916. The van der Waals surface area contributed by atoms with Gasteiger partial charge in [0.05, 0.1) is 17.2 Å². The Morgan fingerprint density at radius 2 is 1.56 bits per heavy atom.